The number of rotatable bonds is 4. The van der Waals surface area contributed by atoms with Crippen LogP contribution in [0.25, 0.3) is 0 Å². The van der Waals surface area contributed by atoms with Crippen LogP contribution in [0.4, 0.5) is 0 Å². The van der Waals surface area contributed by atoms with Crippen LogP contribution in [-0.4, -0.2) is 28.2 Å². The SMILES string of the molecule is CC(NC(=N)N)SCC(=O)O. The second-order valence-corrected chi connectivity index (χ2v) is 3.23. The van der Waals surface area contributed by atoms with Gasteiger partial charge in [0.05, 0.1) is 11.1 Å². The lowest BCUT2D eigenvalue weighted by molar-refractivity contribution is -0.133. The molecule has 0 spiro atoms. The summed E-state index contributed by atoms with van der Waals surface area (Å²) in [7, 11) is 0. The summed E-state index contributed by atoms with van der Waals surface area (Å²) < 4.78 is 0. The van der Waals surface area contributed by atoms with E-state index in [4.69, 9.17) is 16.2 Å². The van der Waals surface area contributed by atoms with E-state index in [1.165, 1.54) is 11.8 Å². The van der Waals surface area contributed by atoms with Crippen molar-refractivity contribution in [1.29, 1.82) is 5.41 Å². The maximum Gasteiger partial charge on any atom is 0.313 e. The van der Waals surface area contributed by atoms with Crippen molar-refractivity contribution in [3.8, 4) is 0 Å². The van der Waals surface area contributed by atoms with E-state index in [0.717, 1.165) is 0 Å². The van der Waals surface area contributed by atoms with Crippen LogP contribution in [0, 0.1) is 5.41 Å². The molecule has 6 heteroatoms. The van der Waals surface area contributed by atoms with Crippen LogP contribution in [0.1, 0.15) is 6.92 Å². The van der Waals surface area contributed by atoms with Gasteiger partial charge in [0.15, 0.2) is 5.96 Å². The predicted octanol–water partition coefficient (Wildman–Crippen LogP) is -0.367. The quantitative estimate of drug-likeness (QED) is 0.267. The van der Waals surface area contributed by atoms with Crippen LogP contribution >= 0.6 is 11.8 Å². The molecule has 0 aliphatic carbocycles. The molecular formula is C5H11N3O2S. The zero-order valence-electron chi connectivity index (χ0n) is 6.13. The van der Waals surface area contributed by atoms with E-state index in [1.54, 1.807) is 6.92 Å². The summed E-state index contributed by atoms with van der Waals surface area (Å²) in [6.45, 7) is 1.75. The Morgan fingerprint density at radius 2 is 2.45 bits per heavy atom. The fraction of sp³-hybridized carbons (Fsp3) is 0.600. The summed E-state index contributed by atoms with van der Waals surface area (Å²) in [6, 6.07) is 0. The Hall–Kier alpha value is -0.910. The predicted molar refractivity (Wildman–Crippen MR) is 44.6 cm³/mol. The van der Waals surface area contributed by atoms with Crippen molar-refractivity contribution in [1.82, 2.24) is 5.32 Å². The largest absolute Gasteiger partial charge is 0.481 e. The third kappa shape index (κ3) is 6.98. The fourth-order valence-corrected chi connectivity index (χ4v) is 1.06. The smallest absolute Gasteiger partial charge is 0.313 e. The standard InChI is InChI=1S/C5H11N3O2S/c1-3(8-5(6)7)11-2-4(9)10/h3H,2H2,1H3,(H,9,10)(H4,6,7,8). The van der Waals surface area contributed by atoms with Gasteiger partial charge >= 0.3 is 5.97 Å². The van der Waals surface area contributed by atoms with Gasteiger partial charge in [-0.25, -0.2) is 0 Å². The third-order valence-corrected chi connectivity index (χ3v) is 1.85. The second-order valence-electron chi connectivity index (χ2n) is 1.90. The number of hydrogen-bond acceptors (Lipinski definition) is 3. The molecular weight excluding hydrogens is 166 g/mol. The highest BCUT2D eigenvalue weighted by molar-refractivity contribution is 8.00. The Bertz CT molecular complexity index is 162. The minimum atomic E-state index is -0.868. The van der Waals surface area contributed by atoms with Crippen molar-refractivity contribution >= 4 is 23.7 Å². The number of hydrogen-bond donors (Lipinski definition) is 4. The van der Waals surface area contributed by atoms with Crippen molar-refractivity contribution in [3.63, 3.8) is 0 Å². The lowest BCUT2D eigenvalue weighted by atomic mass is 10.7. The summed E-state index contributed by atoms with van der Waals surface area (Å²) >= 11 is 1.18. The summed E-state index contributed by atoms with van der Waals surface area (Å²) in [5.41, 5.74) is 5.01. The monoisotopic (exact) mass is 177 g/mol. The van der Waals surface area contributed by atoms with Crippen molar-refractivity contribution in [2.24, 2.45) is 5.73 Å². The van der Waals surface area contributed by atoms with E-state index < -0.39 is 5.97 Å². The first-order valence-corrected chi connectivity index (χ1v) is 4.01. The number of nitrogens with two attached hydrogens (primary N) is 1. The van der Waals surface area contributed by atoms with Crippen molar-refractivity contribution in [3.05, 3.63) is 0 Å². The van der Waals surface area contributed by atoms with Gasteiger partial charge in [-0.05, 0) is 6.92 Å². The molecule has 0 aromatic heterocycles. The molecule has 1 atom stereocenters. The van der Waals surface area contributed by atoms with Gasteiger partial charge in [0.1, 0.15) is 0 Å². The number of carboxylic acid groups (broad SMARTS) is 1. The van der Waals surface area contributed by atoms with Crippen molar-refractivity contribution in [2.75, 3.05) is 5.75 Å². The maximum atomic E-state index is 10.1. The lowest BCUT2D eigenvalue weighted by Gasteiger charge is -2.10. The molecule has 0 fully saturated rings. The van der Waals surface area contributed by atoms with Crippen LogP contribution in [0.15, 0.2) is 0 Å². The van der Waals surface area contributed by atoms with E-state index in [2.05, 4.69) is 5.32 Å². The topological polar surface area (TPSA) is 99.2 Å². The maximum absolute atomic E-state index is 10.1. The molecule has 0 amide bonds. The molecule has 0 aromatic carbocycles. The highest BCUT2D eigenvalue weighted by atomic mass is 32.2. The Kier molecular flexibility index (Phi) is 4.44. The average Bonchev–Trinajstić information content (AvgIpc) is 1.82. The molecule has 5 nitrogen and oxygen atoms in total. The molecule has 0 rings (SSSR count). The van der Waals surface area contributed by atoms with Gasteiger partial charge in [0, 0.05) is 0 Å². The average molecular weight is 177 g/mol. The summed E-state index contributed by atoms with van der Waals surface area (Å²) in [6.07, 6.45) is 0. The number of carbonyl (C=O) groups is 1. The number of aliphatic carboxylic acids is 1. The minimum Gasteiger partial charge on any atom is -0.481 e. The van der Waals surface area contributed by atoms with Crippen LogP contribution in [-0.2, 0) is 4.79 Å². The second kappa shape index (κ2) is 4.84. The molecule has 0 radical (unpaired) electrons. The third-order valence-electron chi connectivity index (χ3n) is 0.816. The molecule has 0 bridgehead atoms. The van der Waals surface area contributed by atoms with Gasteiger partial charge in [0.2, 0.25) is 0 Å². The molecule has 0 aliphatic rings. The van der Waals surface area contributed by atoms with Crippen molar-refractivity contribution < 1.29 is 9.90 Å². The molecule has 0 saturated carbocycles. The van der Waals surface area contributed by atoms with Gasteiger partial charge < -0.3 is 16.2 Å². The van der Waals surface area contributed by atoms with Crippen LogP contribution in [0.5, 0.6) is 0 Å². The van der Waals surface area contributed by atoms with E-state index >= 15 is 0 Å². The first kappa shape index (κ1) is 10.1. The number of nitrogens with one attached hydrogen (secondary N) is 2. The fourth-order valence-electron chi connectivity index (χ4n) is 0.457. The molecule has 0 saturated heterocycles. The van der Waals surface area contributed by atoms with Gasteiger partial charge in [-0.2, -0.15) is 0 Å². The van der Waals surface area contributed by atoms with Crippen LogP contribution < -0.4 is 11.1 Å². The summed E-state index contributed by atoms with van der Waals surface area (Å²) in [5, 5.41) is 17.5. The lowest BCUT2D eigenvalue weighted by Crippen LogP contribution is -2.36. The van der Waals surface area contributed by atoms with Crippen LogP contribution in [0.2, 0.25) is 0 Å². The number of guanidine groups is 1. The molecule has 0 aliphatic heterocycles. The number of carboxylic acids is 1. The van der Waals surface area contributed by atoms with E-state index in [-0.39, 0.29) is 17.1 Å². The Morgan fingerprint density at radius 3 is 2.82 bits per heavy atom. The summed E-state index contributed by atoms with van der Waals surface area (Å²) in [4.78, 5) is 10.1. The highest BCUT2D eigenvalue weighted by Crippen LogP contribution is 2.05. The first-order valence-electron chi connectivity index (χ1n) is 2.96. The zero-order chi connectivity index (χ0) is 8.85. The van der Waals surface area contributed by atoms with Gasteiger partial charge in [-0.3, -0.25) is 10.2 Å². The Balaban J connectivity index is 3.44. The molecule has 1 unspecified atom stereocenters. The van der Waals surface area contributed by atoms with Gasteiger partial charge in [0.25, 0.3) is 0 Å². The first-order chi connectivity index (χ1) is 5.02. The van der Waals surface area contributed by atoms with E-state index in [0.29, 0.717) is 0 Å². The molecule has 5 N–H and O–H groups in total. The molecule has 11 heavy (non-hydrogen) atoms. The van der Waals surface area contributed by atoms with Crippen LogP contribution in [0.3, 0.4) is 0 Å². The minimum absolute atomic E-state index is 0.0153. The van der Waals surface area contributed by atoms with E-state index in [1.807, 2.05) is 0 Å². The van der Waals surface area contributed by atoms with E-state index in [9.17, 15) is 4.79 Å². The van der Waals surface area contributed by atoms with Gasteiger partial charge in [-0.1, -0.05) is 0 Å². The van der Waals surface area contributed by atoms with Crippen molar-refractivity contribution in [2.45, 2.75) is 12.3 Å². The highest BCUT2D eigenvalue weighted by Gasteiger charge is 2.04. The molecule has 0 heterocycles. The summed E-state index contributed by atoms with van der Waals surface area (Å²) in [5.74, 6) is -0.996. The normalized spacial score (nSPS) is 12.1. The molecule has 64 valence electrons. The molecule has 0 aromatic rings. The Morgan fingerprint density at radius 1 is 1.91 bits per heavy atom. The Labute approximate surface area is 68.9 Å². The zero-order valence-corrected chi connectivity index (χ0v) is 6.94. The number of thioether (sulfide) groups is 1. The van der Waals surface area contributed by atoms with Gasteiger partial charge in [-0.15, -0.1) is 11.8 Å².